The fourth-order valence-corrected chi connectivity index (χ4v) is 4.56. The lowest BCUT2D eigenvalue weighted by Gasteiger charge is -2.22. The third-order valence-electron chi connectivity index (χ3n) is 3.80. The first kappa shape index (κ1) is 13.6. The smallest absolute Gasteiger partial charge is 0.150 e. The van der Waals surface area contributed by atoms with Crippen LogP contribution < -0.4 is 5.32 Å². The molecule has 0 amide bonds. The Balaban J connectivity index is 2.18. The van der Waals surface area contributed by atoms with Gasteiger partial charge in [0.1, 0.15) is 0 Å². The van der Waals surface area contributed by atoms with Gasteiger partial charge in [0, 0.05) is 6.04 Å². The van der Waals surface area contributed by atoms with Gasteiger partial charge in [-0.2, -0.15) is 0 Å². The standard InChI is InChI=1S/C14H21NO2S/c1-3-11-4-6-12(7-5-11)14(15-2)13-8-9-18(16,17)10-13/h4-7,13-15H,3,8-10H2,1-2H3. The summed E-state index contributed by atoms with van der Waals surface area (Å²) in [5.74, 6) is 0.851. The third kappa shape index (κ3) is 2.93. The highest BCUT2D eigenvalue weighted by Crippen LogP contribution is 2.31. The molecule has 1 aliphatic heterocycles. The maximum atomic E-state index is 11.6. The van der Waals surface area contributed by atoms with Crippen LogP contribution in [-0.2, 0) is 16.3 Å². The van der Waals surface area contributed by atoms with Crippen LogP contribution in [0.1, 0.15) is 30.5 Å². The molecular weight excluding hydrogens is 246 g/mol. The summed E-state index contributed by atoms with van der Waals surface area (Å²) in [6.07, 6.45) is 1.80. The first-order chi connectivity index (χ1) is 8.55. The van der Waals surface area contributed by atoms with E-state index >= 15 is 0 Å². The molecule has 0 bridgehead atoms. The highest BCUT2D eigenvalue weighted by atomic mass is 32.2. The van der Waals surface area contributed by atoms with Gasteiger partial charge in [0.05, 0.1) is 11.5 Å². The zero-order valence-electron chi connectivity index (χ0n) is 11.0. The zero-order valence-corrected chi connectivity index (χ0v) is 11.8. The average molecular weight is 267 g/mol. The molecule has 0 radical (unpaired) electrons. The number of nitrogens with one attached hydrogen (secondary N) is 1. The van der Waals surface area contributed by atoms with Gasteiger partial charge >= 0.3 is 0 Å². The summed E-state index contributed by atoms with van der Waals surface area (Å²) in [6, 6.07) is 8.63. The second-order valence-electron chi connectivity index (χ2n) is 5.02. The number of rotatable bonds is 4. The number of benzene rings is 1. The number of aryl methyl sites for hydroxylation is 1. The lowest BCUT2D eigenvalue weighted by atomic mass is 9.92. The van der Waals surface area contributed by atoms with E-state index in [9.17, 15) is 8.42 Å². The number of sulfone groups is 1. The molecule has 0 aliphatic carbocycles. The van der Waals surface area contributed by atoms with Crippen LogP contribution in [0, 0.1) is 5.92 Å². The minimum atomic E-state index is -2.81. The maximum absolute atomic E-state index is 11.6. The van der Waals surface area contributed by atoms with Crippen molar-refractivity contribution in [1.29, 1.82) is 0 Å². The van der Waals surface area contributed by atoms with E-state index in [1.807, 2.05) is 7.05 Å². The molecule has 2 unspecified atom stereocenters. The molecule has 1 aromatic carbocycles. The molecule has 100 valence electrons. The van der Waals surface area contributed by atoms with Crippen molar-refractivity contribution in [3.05, 3.63) is 35.4 Å². The Kier molecular flexibility index (Phi) is 4.07. The zero-order chi connectivity index (χ0) is 13.2. The van der Waals surface area contributed by atoms with E-state index in [0.29, 0.717) is 11.5 Å². The molecule has 1 fully saturated rings. The van der Waals surface area contributed by atoms with E-state index in [1.54, 1.807) is 0 Å². The fraction of sp³-hybridized carbons (Fsp3) is 0.571. The van der Waals surface area contributed by atoms with Crippen molar-refractivity contribution < 1.29 is 8.42 Å². The van der Waals surface area contributed by atoms with Crippen LogP contribution >= 0.6 is 0 Å². The third-order valence-corrected chi connectivity index (χ3v) is 5.59. The summed E-state index contributed by atoms with van der Waals surface area (Å²) >= 11 is 0. The Morgan fingerprint density at radius 1 is 1.33 bits per heavy atom. The van der Waals surface area contributed by atoms with Crippen molar-refractivity contribution in [2.24, 2.45) is 5.92 Å². The predicted molar refractivity (Wildman–Crippen MR) is 74.4 cm³/mol. The molecule has 18 heavy (non-hydrogen) atoms. The van der Waals surface area contributed by atoms with Crippen LogP contribution in [-0.4, -0.2) is 27.0 Å². The van der Waals surface area contributed by atoms with Gasteiger partial charge in [0.25, 0.3) is 0 Å². The van der Waals surface area contributed by atoms with E-state index in [-0.39, 0.29) is 12.0 Å². The van der Waals surface area contributed by atoms with Crippen molar-refractivity contribution in [3.63, 3.8) is 0 Å². The molecule has 1 saturated heterocycles. The molecular formula is C14H21NO2S. The topological polar surface area (TPSA) is 46.2 Å². The fourth-order valence-electron chi connectivity index (χ4n) is 2.72. The lowest BCUT2D eigenvalue weighted by Crippen LogP contribution is -2.26. The summed E-state index contributed by atoms with van der Waals surface area (Å²) < 4.78 is 23.1. The molecule has 3 nitrogen and oxygen atoms in total. The summed E-state index contributed by atoms with van der Waals surface area (Å²) in [5, 5.41) is 3.27. The normalized spacial score (nSPS) is 24.0. The van der Waals surface area contributed by atoms with Gasteiger partial charge in [-0.25, -0.2) is 8.42 Å². The molecule has 0 spiro atoms. The van der Waals surface area contributed by atoms with Crippen LogP contribution in [0.3, 0.4) is 0 Å². The van der Waals surface area contributed by atoms with Crippen molar-refractivity contribution in [2.45, 2.75) is 25.8 Å². The minimum Gasteiger partial charge on any atom is -0.313 e. The summed E-state index contributed by atoms with van der Waals surface area (Å²) in [6.45, 7) is 2.13. The largest absolute Gasteiger partial charge is 0.313 e. The van der Waals surface area contributed by atoms with Crippen molar-refractivity contribution in [3.8, 4) is 0 Å². The molecule has 2 atom stereocenters. The van der Waals surface area contributed by atoms with Crippen LogP contribution in [0.4, 0.5) is 0 Å². The van der Waals surface area contributed by atoms with Gasteiger partial charge in [-0.1, -0.05) is 31.2 Å². The van der Waals surface area contributed by atoms with E-state index in [2.05, 4.69) is 36.5 Å². The van der Waals surface area contributed by atoms with Crippen LogP contribution in [0.15, 0.2) is 24.3 Å². The van der Waals surface area contributed by atoms with Crippen LogP contribution in [0.25, 0.3) is 0 Å². The van der Waals surface area contributed by atoms with E-state index in [1.165, 1.54) is 11.1 Å². The summed E-state index contributed by atoms with van der Waals surface area (Å²) in [5.41, 5.74) is 2.50. The Morgan fingerprint density at radius 2 is 2.00 bits per heavy atom. The molecule has 1 N–H and O–H groups in total. The molecule has 2 rings (SSSR count). The second kappa shape index (κ2) is 5.41. The van der Waals surface area contributed by atoms with Gasteiger partial charge in [-0.05, 0) is 36.9 Å². The van der Waals surface area contributed by atoms with Crippen molar-refractivity contribution >= 4 is 9.84 Å². The molecule has 0 saturated carbocycles. The average Bonchev–Trinajstić information content (AvgIpc) is 2.71. The first-order valence-electron chi connectivity index (χ1n) is 6.52. The number of hydrogen-bond donors (Lipinski definition) is 1. The molecule has 1 aliphatic rings. The summed E-state index contributed by atoms with van der Waals surface area (Å²) in [4.78, 5) is 0. The molecule has 1 aromatic rings. The van der Waals surface area contributed by atoms with Crippen LogP contribution in [0.5, 0.6) is 0 Å². The van der Waals surface area contributed by atoms with Gasteiger partial charge in [0.15, 0.2) is 9.84 Å². The van der Waals surface area contributed by atoms with E-state index in [0.717, 1.165) is 12.8 Å². The van der Waals surface area contributed by atoms with Crippen LogP contribution in [0.2, 0.25) is 0 Å². The Hall–Kier alpha value is -0.870. The predicted octanol–water partition coefficient (Wildman–Crippen LogP) is 1.94. The molecule has 0 aromatic heterocycles. The number of hydrogen-bond acceptors (Lipinski definition) is 3. The van der Waals surface area contributed by atoms with Gasteiger partial charge in [-0.15, -0.1) is 0 Å². The van der Waals surface area contributed by atoms with E-state index < -0.39 is 9.84 Å². The van der Waals surface area contributed by atoms with Gasteiger partial charge in [0.2, 0.25) is 0 Å². The van der Waals surface area contributed by atoms with Gasteiger partial charge < -0.3 is 5.32 Å². The van der Waals surface area contributed by atoms with Crippen molar-refractivity contribution in [2.75, 3.05) is 18.6 Å². The monoisotopic (exact) mass is 267 g/mol. The SMILES string of the molecule is CCc1ccc(C(NC)C2CCS(=O)(=O)C2)cc1. The second-order valence-corrected chi connectivity index (χ2v) is 7.25. The van der Waals surface area contributed by atoms with E-state index in [4.69, 9.17) is 0 Å². The minimum absolute atomic E-state index is 0.146. The maximum Gasteiger partial charge on any atom is 0.150 e. The molecule has 4 heteroatoms. The first-order valence-corrected chi connectivity index (χ1v) is 8.34. The van der Waals surface area contributed by atoms with Crippen molar-refractivity contribution in [1.82, 2.24) is 5.32 Å². The highest BCUT2D eigenvalue weighted by Gasteiger charge is 2.33. The Labute approximate surface area is 110 Å². The Bertz CT molecular complexity index is 493. The van der Waals surface area contributed by atoms with Gasteiger partial charge in [-0.3, -0.25) is 0 Å². The Morgan fingerprint density at radius 3 is 2.44 bits per heavy atom. The lowest BCUT2D eigenvalue weighted by molar-refractivity contribution is 0.418. The summed E-state index contributed by atoms with van der Waals surface area (Å²) in [7, 11) is -0.905. The quantitative estimate of drug-likeness (QED) is 0.907. The molecule has 1 heterocycles. The highest BCUT2D eigenvalue weighted by molar-refractivity contribution is 7.91.